The van der Waals surface area contributed by atoms with Crippen molar-refractivity contribution in [2.75, 3.05) is 0 Å². The molecule has 0 spiro atoms. The summed E-state index contributed by atoms with van der Waals surface area (Å²) in [5.74, 6) is -0.664. The van der Waals surface area contributed by atoms with Gasteiger partial charge in [-0.15, -0.1) is 6.58 Å². The lowest BCUT2D eigenvalue weighted by atomic mass is 10.1. The molecule has 0 aromatic carbocycles. The number of hydrogen-bond donors (Lipinski definition) is 1. The van der Waals surface area contributed by atoms with E-state index >= 15 is 0 Å². The Morgan fingerprint density at radius 2 is 2.08 bits per heavy atom. The van der Waals surface area contributed by atoms with Gasteiger partial charge >= 0.3 is 0 Å². The minimum Gasteiger partial charge on any atom is -0.387 e. The summed E-state index contributed by atoms with van der Waals surface area (Å²) in [6.45, 7) is 7.15. The molecule has 0 aromatic rings. The monoisotopic (exact) mass is 186 g/mol. The molecule has 2 saturated heterocycles. The zero-order valence-electron chi connectivity index (χ0n) is 7.77. The molecule has 0 amide bonds. The highest BCUT2D eigenvalue weighted by Gasteiger charge is 2.53. The Bertz CT molecular complexity index is 226. The first-order valence-corrected chi connectivity index (χ1v) is 4.35. The fourth-order valence-electron chi connectivity index (χ4n) is 1.71. The molecule has 4 nitrogen and oxygen atoms in total. The van der Waals surface area contributed by atoms with E-state index in [0.717, 1.165) is 0 Å². The molecule has 0 saturated carbocycles. The van der Waals surface area contributed by atoms with Gasteiger partial charge in [-0.3, -0.25) is 0 Å². The summed E-state index contributed by atoms with van der Waals surface area (Å²) in [5, 5.41) is 9.69. The lowest BCUT2D eigenvalue weighted by molar-refractivity contribution is -0.209. The summed E-state index contributed by atoms with van der Waals surface area (Å²) in [6, 6.07) is 0. The zero-order chi connectivity index (χ0) is 9.64. The SMILES string of the molecule is C=C[C@H]1O[C@@H]2OC(C)(C)O[C@@H]2[C@H]1O. The standard InChI is InChI=1S/C9H14O4/c1-4-5-6(10)7-8(11-5)13-9(2,3)12-7/h4-8,10H,1H2,2-3H3/t5-,6+,7-,8-/m1/s1. The number of rotatable bonds is 1. The van der Waals surface area contributed by atoms with Crippen LogP contribution in [0, 0.1) is 0 Å². The molecule has 0 bridgehead atoms. The van der Waals surface area contributed by atoms with Crippen LogP contribution in [0.2, 0.25) is 0 Å². The summed E-state index contributed by atoms with van der Waals surface area (Å²) in [6.07, 6.45) is -0.357. The van der Waals surface area contributed by atoms with E-state index in [1.54, 1.807) is 19.9 Å². The molecule has 0 unspecified atom stereocenters. The molecular formula is C9H14O4. The van der Waals surface area contributed by atoms with Crippen LogP contribution in [-0.2, 0) is 14.2 Å². The number of ether oxygens (including phenoxy) is 3. The van der Waals surface area contributed by atoms with Gasteiger partial charge in [-0.05, 0) is 13.8 Å². The van der Waals surface area contributed by atoms with E-state index in [1.165, 1.54) is 0 Å². The van der Waals surface area contributed by atoms with Crippen LogP contribution in [0.1, 0.15) is 13.8 Å². The highest BCUT2D eigenvalue weighted by Crippen LogP contribution is 2.37. The molecule has 2 aliphatic rings. The molecule has 0 aliphatic carbocycles. The fraction of sp³-hybridized carbons (Fsp3) is 0.778. The second-order valence-corrected chi connectivity index (χ2v) is 3.80. The van der Waals surface area contributed by atoms with E-state index in [9.17, 15) is 5.11 Å². The molecule has 2 fully saturated rings. The van der Waals surface area contributed by atoms with Gasteiger partial charge in [0.1, 0.15) is 18.3 Å². The fourth-order valence-corrected chi connectivity index (χ4v) is 1.71. The molecule has 4 atom stereocenters. The Morgan fingerprint density at radius 3 is 2.62 bits per heavy atom. The van der Waals surface area contributed by atoms with Gasteiger partial charge in [-0.2, -0.15) is 0 Å². The van der Waals surface area contributed by atoms with Crippen LogP contribution in [0.3, 0.4) is 0 Å². The van der Waals surface area contributed by atoms with Crippen molar-refractivity contribution in [2.24, 2.45) is 0 Å². The Morgan fingerprint density at radius 1 is 1.38 bits per heavy atom. The molecule has 2 heterocycles. The van der Waals surface area contributed by atoms with Crippen molar-refractivity contribution in [3.8, 4) is 0 Å². The van der Waals surface area contributed by atoms with Crippen molar-refractivity contribution in [3.05, 3.63) is 12.7 Å². The van der Waals surface area contributed by atoms with Crippen molar-refractivity contribution in [3.63, 3.8) is 0 Å². The number of aliphatic hydroxyl groups is 1. The van der Waals surface area contributed by atoms with E-state index in [1.807, 2.05) is 0 Å². The Balaban J connectivity index is 2.11. The number of aliphatic hydroxyl groups excluding tert-OH is 1. The predicted octanol–water partition coefficient (Wildman–Crippen LogP) is 0.410. The van der Waals surface area contributed by atoms with Crippen LogP contribution in [0.15, 0.2) is 12.7 Å². The van der Waals surface area contributed by atoms with Gasteiger partial charge in [0.25, 0.3) is 0 Å². The van der Waals surface area contributed by atoms with Crippen LogP contribution in [-0.4, -0.2) is 35.5 Å². The zero-order valence-corrected chi connectivity index (χ0v) is 7.77. The first kappa shape index (κ1) is 9.15. The largest absolute Gasteiger partial charge is 0.387 e. The van der Waals surface area contributed by atoms with E-state index in [0.29, 0.717) is 0 Å². The molecular weight excluding hydrogens is 172 g/mol. The molecule has 1 N–H and O–H groups in total. The van der Waals surface area contributed by atoms with Crippen LogP contribution in [0.25, 0.3) is 0 Å². The highest BCUT2D eigenvalue weighted by atomic mass is 16.8. The van der Waals surface area contributed by atoms with E-state index < -0.39 is 24.3 Å². The van der Waals surface area contributed by atoms with E-state index in [4.69, 9.17) is 14.2 Å². The maximum atomic E-state index is 9.69. The van der Waals surface area contributed by atoms with E-state index in [2.05, 4.69) is 6.58 Å². The Labute approximate surface area is 77.1 Å². The molecule has 0 radical (unpaired) electrons. The minimum atomic E-state index is -0.677. The van der Waals surface area contributed by atoms with Crippen molar-refractivity contribution >= 4 is 0 Å². The lowest BCUT2D eigenvalue weighted by Crippen LogP contribution is -2.33. The van der Waals surface area contributed by atoms with Crippen LogP contribution < -0.4 is 0 Å². The van der Waals surface area contributed by atoms with Crippen LogP contribution >= 0.6 is 0 Å². The smallest absolute Gasteiger partial charge is 0.190 e. The van der Waals surface area contributed by atoms with Crippen molar-refractivity contribution in [2.45, 2.75) is 44.2 Å². The first-order chi connectivity index (χ1) is 6.03. The summed E-state index contributed by atoms with van der Waals surface area (Å²) < 4.78 is 16.3. The molecule has 2 aliphatic heterocycles. The number of hydrogen-bond acceptors (Lipinski definition) is 4. The normalized spacial score (nSPS) is 47.6. The lowest BCUT2D eigenvalue weighted by Gasteiger charge is -2.21. The summed E-state index contributed by atoms with van der Waals surface area (Å²) >= 11 is 0. The van der Waals surface area contributed by atoms with Gasteiger partial charge in [0.15, 0.2) is 12.1 Å². The molecule has 74 valence electrons. The molecule has 2 rings (SSSR count). The van der Waals surface area contributed by atoms with Gasteiger partial charge in [0.2, 0.25) is 0 Å². The maximum absolute atomic E-state index is 9.69. The second kappa shape index (κ2) is 2.78. The third-order valence-electron chi connectivity index (χ3n) is 2.28. The van der Waals surface area contributed by atoms with Crippen molar-refractivity contribution in [1.29, 1.82) is 0 Å². The quantitative estimate of drug-likeness (QED) is 0.602. The minimum absolute atomic E-state index is 0.383. The van der Waals surface area contributed by atoms with Gasteiger partial charge in [0.05, 0.1) is 0 Å². The van der Waals surface area contributed by atoms with Gasteiger partial charge in [0, 0.05) is 0 Å². The third kappa shape index (κ3) is 1.40. The number of fused-ring (bicyclic) bond motifs is 1. The van der Waals surface area contributed by atoms with E-state index in [-0.39, 0.29) is 6.10 Å². The van der Waals surface area contributed by atoms with Crippen LogP contribution in [0.5, 0.6) is 0 Å². The van der Waals surface area contributed by atoms with Gasteiger partial charge in [-0.1, -0.05) is 6.08 Å². The average Bonchev–Trinajstić information content (AvgIpc) is 2.47. The highest BCUT2D eigenvalue weighted by molar-refractivity contribution is 4.99. The average molecular weight is 186 g/mol. The van der Waals surface area contributed by atoms with Crippen molar-refractivity contribution in [1.82, 2.24) is 0 Å². The first-order valence-electron chi connectivity index (χ1n) is 4.35. The topological polar surface area (TPSA) is 47.9 Å². The van der Waals surface area contributed by atoms with Crippen molar-refractivity contribution < 1.29 is 19.3 Å². The summed E-state index contributed by atoms with van der Waals surface area (Å²) in [4.78, 5) is 0. The molecule has 0 aromatic heterocycles. The molecule has 4 heteroatoms. The summed E-state index contributed by atoms with van der Waals surface area (Å²) in [7, 11) is 0. The predicted molar refractivity (Wildman–Crippen MR) is 44.9 cm³/mol. The van der Waals surface area contributed by atoms with Crippen LogP contribution in [0.4, 0.5) is 0 Å². The third-order valence-corrected chi connectivity index (χ3v) is 2.28. The maximum Gasteiger partial charge on any atom is 0.190 e. The van der Waals surface area contributed by atoms with Gasteiger partial charge in [-0.25, -0.2) is 0 Å². The van der Waals surface area contributed by atoms with Gasteiger partial charge < -0.3 is 19.3 Å². The Hall–Kier alpha value is -0.420. The second-order valence-electron chi connectivity index (χ2n) is 3.80. The summed E-state index contributed by atoms with van der Waals surface area (Å²) in [5.41, 5.74) is 0. The Kier molecular flexibility index (Phi) is 1.96. The molecule has 13 heavy (non-hydrogen) atoms.